The summed E-state index contributed by atoms with van der Waals surface area (Å²) in [5, 5.41) is 6.72. The topological polar surface area (TPSA) is 79.8 Å². The molecule has 6 nitrogen and oxygen atoms in total. The van der Waals surface area contributed by atoms with E-state index in [-0.39, 0.29) is 0 Å². The third kappa shape index (κ3) is 3.96. The Labute approximate surface area is 130 Å². The number of benzene rings is 1. The van der Waals surface area contributed by atoms with Crippen molar-refractivity contribution in [3.05, 3.63) is 49.5 Å². The zero-order chi connectivity index (χ0) is 15.4. The van der Waals surface area contributed by atoms with E-state index >= 15 is 0 Å². The Balaban J connectivity index is 2.37. The number of aromatic amines is 1. The number of rotatable bonds is 5. The van der Waals surface area contributed by atoms with Gasteiger partial charge in [-0.25, -0.2) is 0 Å². The van der Waals surface area contributed by atoms with Crippen LogP contribution in [0, 0.1) is 0 Å². The minimum Gasteiger partial charge on any atom is -0.313 e. The first-order valence-corrected chi connectivity index (χ1v) is 7.55. The molecule has 0 fully saturated rings. The lowest BCUT2D eigenvalue weighted by atomic mass is 10.2. The van der Waals surface area contributed by atoms with Crippen molar-refractivity contribution in [2.45, 2.75) is 23.5 Å². The van der Waals surface area contributed by atoms with Gasteiger partial charge in [0.1, 0.15) is 0 Å². The highest BCUT2D eigenvalue weighted by molar-refractivity contribution is 7.99. The second-order valence-electron chi connectivity index (χ2n) is 4.33. The monoisotopic (exact) mass is 326 g/mol. The molecular formula is C13H15ClN4O2S. The lowest BCUT2D eigenvalue weighted by Crippen LogP contribution is -2.33. The first-order valence-electron chi connectivity index (χ1n) is 6.35. The molecule has 0 saturated heterocycles. The van der Waals surface area contributed by atoms with Gasteiger partial charge >= 0.3 is 11.1 Å². The van der Waals surface area contributed by atoms with Crippen molar-refractivity contribution in [2.24, 2.45) is 7.05 Å². The molecule has 0 aliphatic rings. The summed E-state index contributed by atoms with van der Waals surface area (Å²) in [6.45, 7) is 3.52. The number of H-pyrrole nitrogens is 1. The number of hydrogen-bond donors (Lipinski definition) is 2. The second kappa shape index (κ2) is 6.93. The van der Waals surface area contributed by atoms with Gasteiger partial charge in [-0.3, -0.25) is 19.4 Å². The van der Waals surface area contributed by atoms with Crippen molar-refractivity contribution in [3.63, 3.8) is 0 Å². The van der Waals surface area contributed by atoms with Gasteiger partial charge in [0.15, 0.2) is 5.16 Å². The number of nitrogens with one attached hydrogen (secondary N) is 2. The standard InChI is InChI=1S/C13H15ClN4O2S/c1-3-15-7-8-6-9(14)4-5-10(8)21-13-16-11(19)12(20)17-18(13)2/h4-6,15H,3,7H2,1-2H3,(H,17,20). The predicted molar refractivity (Wildman–Crippen MR) is 83.1 cm³/mol. The van der Waals surface area contributed by atoms with E-state index in [9.17, 15) is 9.59 Å². The van der Waals surface area contributed by atoms with Crippen molar-refractivity contribution in [1.29, 1.82) is 0 Å². The van der Waals surface area contributed by atoms with E-state index in [0.717, 1.165) is 17.0 Å². The van der Waals surface area contributed by atoms with Crippen LogP contribution in [0.2, 0.25) is 5.02 Å². The summed E-state index contributed by atoms with van der Waals surface area (Å²) in [5.74, 6) is 0. The Hall–Kier alpha value is -1.57. The van der Waals surface area contributed by atoms with E-state index in [1.807, 2.05) is 19.1 Å². The third-order valence-corrected chi connectivity index (χ3v) is 4.14. The quantitative estimate of drug-likeness (QED) is 0.812. The number of halogens is 1. The van der Waals surface area contributed by atoms with Crippen molar-refractivity contribution in [1.82, 2.24) is 20.1 Å². The van der Waals surface area contributed by atoms with Crippen LogP contribution in [0.3, 0.4) is 0 Å². The maximum absolute atomic E-state index is 11.4. The maximum atomic E-state index is 11.4. The lowest BCUT2D eigenvalue weighted by molar-refractivity contribution is 0.596. The predicted octanol–water partition coefficient (Wildman–Crippen LogP) is 1.38. The van der Waals surface area contributed by atoms with Crippen molar-refractivity contribution in [2.75, 3.05) is 6.54 Å². The van der Waals surface area contributed by atoms with Crippen molar-refractivity contribution < 1.29 is 0 Å². The number of aromatic nitrogens is 3. The van der Waals surface area contributed by atoms with Gasteiger partial charge < -0.3 is 5.32 Å². The Morgan fingerprint density at radius 2 is 2.19 bits per heavy atom. The van der Waals surface area contributed by atoms with E-state index in [0.29, 0.717) is 16.7 Å². The van der Waals surface area contributed by atoms with Gasteiger partial charge in [0.05, 0.1) is 0 Å². The molecule has 2 rings (SSSR count). The summed E-state index contributed by atoms with van der Waals surface area (Å²) >= 11 is 7.33. The molecule has 0 unspecified atom stereocenters. The van der Waals surface area contributed by atoms with Crippen LogP contribution in [-0.4, -0.2) is 21.3 Å². The van der Waals surface area contributed by atoms with Crippen LogP contribution in [0.1, 0.15) is 12.5 Å². The van der Waals surface area contributed by atoms with Crippen LogP contribution >= 0.6 is 23.4 Å². The number of nitrogens with zero attached hydrogens (tertiary/aromatic N) is 2. The summed E-state index contributed by atoms with van der Waals surface area (Å²) in [4.78, 5) is 27.3. The van der Waals surface area contributed by atoms with E-state index in [1.165, 1.54) is 16.4 Å². The molecule has 1 heterocycles. The van der Waals surface area contributed by atoms with Crippen LogP contribution < -0.4 is 16.4 Å². The highest BCUT2D eigenvalue weighted by Crippen LogP contribution is 2.29. The molecule has 0 spiro atoms. The lowest BCUT2D eigenvalue weighted by Gasteiger charge is -2.11. The summed E-state index contributed by atoms with van der Waals surface area (Å²) in [7, 11) is 1.63. The minimum atomic E-state index is -0.794. The van der Waals surface area contributed by atoms with E-state index < -0.39 is 11.1 Å². The molecule has 0 saturated carbocycles. The highest BCUT2D eigenvalue weighted by atomic mass is 35.5. The van der Waals surface area contributed by atoms with Gasteiger partial charge in [0.2, 0.25) is 0 Å². The first kappa shape index (κ1) is 15.8. The van der Waals surface area contributed by atoms with Gasteiger partial charge in [-0.2, -0.15) is 4.98 Å². The van der Waals surface area contributed by atoms with E-state index in [4.69, 9.17) is 11.6 Å². The van der Waals surface area contributed by atoms with Gasteiger partial charge in [-0.15, -0.1) is 0 Å². The summed E-state index contributed by atoms with van der Waals surface area (Å²) < 4.78 is 1.43. The van der Waals surface area contributed by atoms with Crippen LogP contribution in [0.5, 0.6) is 0 Å². The van der Waals surface area contributed by atoms with Gasteiger partial charge in [-0.05, 0) is 42.1 Å². The van der Waals surface area contributed by atoms with Crippen LogP contribution in [0.15, 0.2) is 37.8 Å². The molecule has 0 aliphatic heterocycles. The molecule has 1 aromatic heterocycles. The zero-order valence-electron chi connectivity index (χ0n) is 11.6. The summed E-state index contributed by atoms with van der Waals surface area (Å²) in [6, 6.07) is 5.52. The Morgan fingerprint density at radius 1 is 1.43 bits per heavy atom. The summed E-state index contributed by atoms with van der Waals surface area (Å²) in [6.07, 6.45) is 0. The first-order chi connectivity index (χ1) is 10.0. The number of hydrogen-bond acceptors (Lipinski definition) is 5. The second-order valence-corrected chi connectivity index (χ2v) is 5.78. The Kier molecular flexibility index (Phi) is 5.22. The molecule has 2 N–H and O–H groups in total. The molecule has 0 amide bonds. The fourth-order valence-electron chi connectivity index (χ4n) is 1.70. The largest absolute Gasteiger partial charge is 0.339 e. The molecule has 2 aromatic rings. The van der Waals surface area contributed by atoms with Gasteiger partial charge in [0.25, 0.3) is 0 Å². The highest BCUT2D eigenvalue weighted by Gasteiger charge is 2.10. The van der Waals surface area contributed by atoms with Crippen LogP contribution in [0.4, 0.5) is 0 Å². The molecule has 8 heteroatoms. The fourth-order valence-corrected chi connectivity index (χ4v) is 2.80. The maximum Gasteiger partial charge on any atom is 0.339 e. The summed E-state index contributed by atoms with van der Waals surface area (Å²) in [5.41, 5.74) is -0.515. The zero-order valence-corrected chi connectivity index (χ0v) is 13.2. The minimum absolute atomic E-state index is 0.416. The molecule has 21 heavy (non-hydrogen) atoms. The molecule has 0 bridgehead atoms. The smallest absolute Gasteiger partial charge is 0.313 e. The van der Waals surface area contributed by atoms with E-state index in [1.54, 1.807) is 13.1 Å². The normalized spacial score (nSPS) is 10.8. The number of aryl methyl sites for hydroxylation is 1. The molecule has 0 radical (unpaired) electrons. The molecule has 0 aliphatic carbocycles. The SMILES string of the molecule is CCNCc1cc(Cl)ccc1Sc1nc(=O)c(=O)[nH]n1C. The van der Waals surface area contributed by atoms with Crippen molar-refractivity contribution in [3.8, 4) is 0 Å². The van der Waals surface area contributed by atoms with Crippen molar-refractivity contribution >= 4 is 23.4 Å². The van der Waals surface area contributed by atoms with E-state index in [2.05, 4.69) is 15.4 Å². The van der Waals surface area contributed by atoms with Gasteiger partial charge in [0, 0.05) is 23.5 Å². The molecule has 0 atom stereocenters. The average Bonchev–Trinajstić information content (AvgIpc) is 2.44. The molecular weight excluding hydrogens is 312 g/mol. The van der Waals surface area contributed by atoms with Crippen LogP contribution in [0.25, 0.3) is 0 Å². The fraction of sp³-hybridized carbons (Fsp3) is 0.308. The third-order valence-electron chi connectivity index (χ3n) is 2.74. The molecule has 1 aromatic carbocycles. The Morgan fingerprint density at radius 3 is 2.90 bits per heavy atom. The van der Waals surface area contributed by atoms with Gasteiger partial charge in [-0.1, -0.05) is 18.5 Å². The molecule has 112 valence electrons. The average molecular weight is 327 g/mol. The Bertz CT molecular complexity index is 757. The van der Waals surface area contributed by atoms with Crippen LogP contribution in [-0.2, 0) is 13.6 Å².